The summed E-state index contributed by atoms with van der Waals surface area (Å²) in [6, 6.07) is 11.1. The molecule has 182 valence electrons. The number of ether oxygens (including phenoxy) is 1. The van der Waals surface area contributed by atoms with Crippen molar-refractivity contribution in [3.63, 3.8) is 0 Å². The van der Waals surface area contributed by atoms with E-state index >= 15 is 0 Å². The maximum atomic E-state index is 12.9. The topological polar surface area (TPSA) is 77.0 Å². The molecule has 0 spiro atoms. The summed E-state index contributed by atoms with van der Waals surface area (Å²) in [4.78, 5) is 6.15. The van der Waals surface area contributed by atoms with E-state index in [2.05, 4.69) is 23.8 Å². The summed E-state index contributed by atoms with van der Waals surface area (Å²) >= 11 is 1.59. The molecule has 7 nitrogen and oxygen atoms in total. The minimum Gasteiger partial charge on any atom is -0.463 e. The molecule has 1 aliphatic carbocycles. The van der Waals surface area contributed by atoms with Gasteiger partial charge in [0.15, 0.2) is 10.6 Å². The van der Waals surface area contributed by atoms with Crippen LogP contribution < -0.4 is 4.80 Å². The van der Waals surface area contributed by atoms with Gasteiger partial charge in [0.05, 0.1) is 35.8 Å². The molecule has 3 unspecified atom stereocenters. The molecule has 2 fully saturated rings. The van der Waals surface area contributed by atoms with Crippen LogP contribution >= 0.6 is 11.3 Å². The van der Waals surface area contributed by atoms with Crippen molar-refractivity contribution in [3.05, 3.63) is 52.8 Å². The van der Waals surface area contributed by atoms with E-state index in [1.807, 2.05) is 12.1 Å². The Morgan fingerprint density at radius 3 is 2.53 bits per heavy atom. The number of furan rings is 1. The fourth-order valence-electron chi connectivity index (χ4n) is 4.98. The van der Waals surface area contributed by atoms with Crippen molar-refractivity contribution < 1.29 is 17.6 Å². The van der Waals surface area contributed by atoms with Crippen molar-refractivity contribution >= 4 is 27.0 Å². The van der Waals surface area contributed by atoms with Crippen LogP contribution in [0.1, 0.15) is 39.2 Å². The second-order valence-electron chi connectivity index (χ2n) is 9.21. The van der Waals surface area contributed by atoms with E-state index in [1.54, 1.807) is 41.9 Å². The third-order valence-electron chi connectivity index (χ3n) is 7.18. The predicted molar refractivity (Wildman–Crippen MR) is 132 cm³/mol. The molecular formula is C25H31N3O4S2. The Morgan fingerprint density at radius 1 is 1.06 bits per heavy atom. The molecule has 3 aromatic rings. The van der Waals surface area contributed by atoms with Crippen LogP contribution in [0.2, 0.25) is 0 Å². The van der Waals surface area contributed by atoms with Gasteiger partial charge >= 0.3 is 0 Å². The molecule has 2 aromatic heterocycles. The molecule has 0 N–H and O–H groups in total. The summed E-state index contributed by atoms with van der Waals surface area (Å²) in [6.45, 7) is 6.30. The van der Waals surface area contributed by atoms with E-state index in [0.717, 1.165) is 28.4 Å². The van der Waals surface area contributed by atoms with E-state index < -0.39 is 10.0 Å². The molecule has 9 heteroatoms. The van der Waals surface area contributed by atoms with Crippen LogP contribution in [0.25, 0.3) is 11.5 Å². The number of benzene rings is 1. The molecule has 5 rings (SSSR count). The zero-order chi connectivity index (χ0) is 23.7. The number of sulfonamides is 1. The van der Waals surface area contributed by atoms with Crippen LogP contribution in [0.3, 0.4) is 0 Å². The molecule has 34 heavy (non-hydrogen) atoms. The number of hydrogen-bond donors (Lipinski definition) is 0. The SMILES string of the molecule is CC1CCCC(n2c(-c3ccco3)csc2=Nc2ccc(S(=O)(=O)N3CCOCC3)cc2)C1C. The largest absolute Gasteiger partial charge is 0.463 e. The zero-order valence-corrected chi connectivity index (χ0v) is 21.2. The molecule has 3 atom stereocenters. The first kappa shape index (κ1) is 23.5. The van der Waals surface area contributed by atoms with E-state index in [4.69, 9.17) is 14.1 Å². The first-order chi connectivity index (χ1) is 16.4. The third kappa shape index (κ3) is 4.54. The quantitative estimate of drug-likeness (QED) is 0.490. The molecule has 1 aromatic carbocycles. The number of nitrogens with zero attached hydrogens (tertiary/aromatic N) is 3. The summed E-state index contributed by atoms with van der Waals surface area (Å²) in [5, 5.41) is 2.11. The highest BCUT2D eigenvalue weighted by Gasteiger charge is 2.31. The van der Waals surface area contributed by atoms with Crippen molar-refractivity contribution in [2.24, 2.45) is 16.8 Å². The molecule has 0 radical (unpaired) electrons. The molecular weight excluding hydrogens is 470 g/mol. The first-order valence-corrected chi connectivity index (χ1v) is 14.2. The lowest BCUT2D eigenvalue weighted by Crippen LogP contribution is -2.40. The highest BCUT2D eigenvalue weighted by molar-refractivity contribution is 7.89. The number of thiazole rings is 1. The summed E-state index contributed by atoms with van der Waals surface area (Å²) in [6.07, 6.45) is 5.27. The van der Waals surface area contributed by atoms with E-state index in [9.17, 15) is 8.42 Å². The van der Waals surface area contributed by atoms with E-state index in [1.165, 1.54) is 17.1 Å². The number of aromatic nitrogens is 1. The van der Waals surface area contributed by atoms with Crippen LogP contribution in [0.15, 0.2) is 62.3 Å². The van der Waals surface area contributed by atoms with Crippen LogP contribution in [0.5, 0.6) is 0 Å². The Kier molecular flexibility index (Phi) is 6.79. The molecule has 1 saturated heterocycles. The second kappa shape index (κ2) is 9.81. The molecule has 2 aliphatic rings. The van der Waals surface area contributed by atoms with Gasteiger partial charge in [-0.15, -0.1) is 11.3 Å². The molecule has 0 bridgehead atoms. The summed E-state index contributed by atoms with van der Waals surface area (Å²) < 4.78 is 40.8. The van der Waals surface area contributed by atoms with Crippen molar-refractivity contribution in [3.8, 4) is 11.5 Å². The number of morpholine rings is 1. The monoisotopic (exact) mass is 501 g/mol. The van der Waals surface area contributed by atoms with Gasteiger partial charge in [-0.3, -0.25) is 0 Å². The van der Waals surface area contributed by atoms with Gasteiger partial charge in [-0.05, 0) is 54.7 Å². The maximum Gasteiger partial charge on any atom is 0.243 e. The van der Waals surface area contributed by atoms with Gasteiger partial charge in [0, 0.05) is 24.5 Å². The van der Waals surface area contributed by atoms with Crippen LogP contribution in [0.4, 0.5) is 5.69 Å². The number of hydrogen-bond acceptors (Lipinski definition) is 6. The normalized spacial score (nSPS) is 25.0. The van der Waals surface area contributed by atoms with Crippen LogP contribution in [-0.4, -0.2) is 43.6 Å². The third-order valence-corrected chi connectivity index (χ3v) is 9.93. The highest BCUT2D eigenvalue weighted by Crippen LogP contribution is 2.39. The molecule has 1 aliphatic heterocycles. The fourth-order valence-corrected chi connectivity index (χ4v) is 7.34. The first-order valence-electron chi connectivity index (χ1n) is 11.9. The van der Waals surface area contributed by atoms with Gasteiger partial charge in [-0.2, -0.15) is 4.31 Å². The van der Waals surface area contributed by atoms with Gasteiger partial charge < -0.3 is 13.7 Å². The summed E-state index contributed by atoms with van der Waals surface area (Å²) in [5.74, 6) is 2.01. The highest BCUT2D eigenvalue weighted by atomic mass is 32.2. The van der Waals surface area contributed by atoms with Crippen LogP contribution in [-0.2, 0) is 14.8 Å². The van der Waals surface area contributed by atoms with Crippen molar-refractivity contribution in [1.29, 1.82) is 0 Å². The Balaban J connectivity index is 1.51. The van der Waals surface area contributed by atoms with E-state index in [0.29, 0.717) is 49.1 Å². The smallest absolute Gasteiger partial charge is 0.243 e. The fraction of sp³-hybridized carbons (Fsp3) is 0.480. The summed E-state index contributed by atoms with van der Waals surface area (Å²) in [7, 11) is -3.52. The van der Waals surface area contributed by atoms with Gasteiger partial charge in [0.1, 0.15) is 0 Å². The van der Waals surface area contributed by atoms with Crippen molar-refractivity contribution in [2.75, 3.05) is 26.3 Å². The van der Waals surface area contributed by atoms with Gasteiger partial charge in [-0.1, -0.05) is 26.7 Å². The predicted octanol–water partition coefficient (Wildman–Crippen LogP) is 5.06. The van der Waals surface area contributed by atoms with E-state index in [-0.39, 0.29) is 0 Å². The lowest BCUT2D eigenvalue weighted by molar-refractivity contribution is 0.0730. The van der Waals surface area contributed by atoms with Gasteiger partial charge in [0.2, 0.25) is 10.0 Å². The van der Waals surface area contributed by atoms with Crippen molar-refractivity contribution in [1.82, 2.24) is 8.87 Å². The average molecular weight is 502 g/mol. The minimum atomic E-state index is -3.52. The number of rotatable bonds is 5. The zero-order valence-electron chi connectivity index (χ0n) is 19.6. The van der Waals surface area contributed by atoms with Gasteiger partial charge in [0.25, 0.3) is 0 Å². The lowest BCUT2D eigenvalue weighted by Gasteiger charge is -2.35. The lowest BCUT2D eigenvalue weighted by atomic mass is 9.78. The second-order valence-corrected chi connectivity index (χ2v) is 12.0. The summed E-state index contributed by atoms with van der Waals surface area (Å²) in [5.41, 5.74) is 1.78. The van der Waals surface area contributed by atoms with Gasteiger partial charge in [-0.25, -0.2) is 13.4 Å². The minimum absolute atomic E-state index is 0.290. The standard InChI is InChI=1S/C25H31N3O4S2/c1-18-5-3-6-22(19(18)2)28-23(24-7-4-14-32-24)17-33-25(28)26-20-8-10-21(11-9-20)34(29,30)27-12-15-31-16-13-27/h4,7-11,14,17-19,22H,3,5-6,12-13,15-16H2,1-2H3. The Labute approximate surface area is 204 Å². The molecule has 3 heterocycles. The Hall–Kier alpha value is -2.20. The maximum absolute atomic E-state index is 12.9. The average Bonchev–Trinajstić information content (AvgIpc) is 3.52. The molecule has 0 amide bonds. The Bertz CT molecular complexity index is 1270. The Morgan fingerprint density at radius 2 is 1.82 bits per heavy atom. The van der Waals surface area contributed by atoms with Crippen molar-refractivity contribution in [2.45, 2.75) is 44.0 Å². The molecule has 1 saturated carbocycles. The van der Waals surface area contributed by atoms with Crippen LogP contribution in [0, 0.1) is 11.8 Å².